The van der Waals surface area contributed by atoms with E-state index in [9.17, 15) is 4.79 Å². The molecule has 2 aromatic rings. The highest BCUT2D eigenvalue weighted by molar-refractivity contribution is 9.10. The molecule has 1 aromatic carbocycles. The smallest absolute Gasteiger partial charge is 0.254 e. The first-order chi connectivity index (χ1) is 9.08. The Balaban J connectivity index is 2.04. The summed E-state index contributed by atoms with van der Waals surface area (Å²) in [6.07, 6.45) is 0.887. The predicted octanol–water partition coefficient (Wildman–Crippen LogP) is 4.11. The number of hydrogen-bond donors (Lipinski definition) is 1. The van der Waals surface area contributed by atoms with Crippen LogP contribution in [0.4, 0.5) is 0 Å². The Hall–Kier alpha value is -0.780. The Morgan fingerprint density at radius 3 is 2.89 bits per heavy atom. The molecule has 0 spiro atoms. The van der Waals surface area contributed by atoms with E-state index in [0.717, 1.165) is 15.8 Å². The molecule has 0 aliphatic rings. The number of amides is 1. The second-order valence-electron chi connectivity index (χ2n) is 4.22. The summed E-state index contributed by atoms with van der Waals surface area (Å²) in [6.45, 7) is 0.711. The van der Waals surface area contributed by atoms with Crippen molar-refractivity contribution in [1.82, 2.24) is 4.90 Å². The Labute approximate surface area is 131 Å². The van der Waals surface area contributed by atoms with Crippen LogP contribution in [0.3, 0.4) is 0 Å². The molecule has 19 heavy (non-hydrogen) atoms. The predicted molar refractivity (Wildman–Crippen MR) is 86.4 cm³/mol. The largest absolute Gasteiger partial charge is 0.341 e. The zero-order chi connectivity index (χ0) is 13.8. The highest BCUT2D eigenvalue weighted by Crippen LogP contribution is 2.21. The van der Waals surface area contributed by atoms with E-state index in [4.69, 9.17) is 0 Å². The maximum Gasteiger partial charge on any atom is 0.254 e. The van der Waals surface area contributed by atoms with Gasteiger partial charge in [0.2, 0.25) is 0 Å². The fourth-order valence-corrected chi connectivity index (χ4v) is 3.04. The summed E-state index contributed by atoms with van der Waals surface area (Å²) in [7, 11) is 1.83. The van der Waals surface area contributed by atoms with Crippen molar-refractivity contribution < 1.29 is 4.79 Å². The van der Waals surface area contributed by atoms with Gasteiger partial charge in [-0.15, -0.1) is 24.0 Å². The molecule has 0 saturated heterocycles. The van der Waals surface area contributed by atoms with Gasteiger partial charge in [-0.3, -0.25) is 4.79 Å². The van der Waals surface area contributed by atoms with Crippen molar-refractivity contribution in [2.45, 2.75) is 11.3 Å². The first-order valence-electron chi connectivity index (χ1n) is 5.84. The minimum absolute atomic E-state index is 0.0133. The van der Waals surface area contributed by atoms with Crippen molar-refractivity contribution in [3.05, 3.63) is 50.6 Å². The Morgan fingerprint density at radius 1 is 1.42 bits per heavy atom. The maximum absolute atomic E-state index is 12.3. The number of rotatable bonds is 4. The molecule has 0 atom stereocenters. The number of hydrogen-bond acceptors (Lipinski definition) is 3. The van der Waals surface area contributed by atoms with Crippen LogP contribution in [0.2, 0.25) is 0 Å². The van der Waals surface area contributed by atoms with Gasteiger partial charge < -0.3 is 4.90 Å². The molecule has 1 aromatic heterocycles. The molecule has 100 valence electrons. The first kappa shape index (κ1) is 14.6. The number of carbonyl (C=O) groups is 1. The van der Waals surface area contributed by atoms with Gasteiger partial charge in [-0.1, -0.05) is 6.07 Å². The number of halogens is 1. The SMILES string of the molecule is CN(CCc1cccs1)C(=O)c1cc(S)ccc1Br. The molecule has 5 heteroatoms. The Kier molecular flexibility index (Phi) is 5.07. The Bertz CT molecular complexity index is 569. The molecule has 0 radical (unpaired) electrons. The van der Waals surface area contributed by atoms with E-state index in [0.29, 0.717) is 12.1 Å². The third-order valence-corrected chi connectivity index (χ3v) is 4.71. The molecule has 0 N–H and O–H groups in total. The third-order valence-electron chi connectivity index (χ3n) is 2.80. The van der Waals surface area contributed by atoms with Gasteiger partial charge in [-0.25, -0.2) is 0 Å². The number of nitrogens with zero attached hydrogens (tertiary/aromatic N) is 1. The summed E-state index contributed by atoms with van der Waals surface area (Å²) in [5.74, 6) is 0.0133. The highest BCUT2D eigenvalue weighted by atomic mass is 79.9. The van der Waals surface area contributed by atoms with Gasteiger partial charge in [0.25, 0.3) is 5.91 Å². The summed E-state index contributed by atoms with van der Waals surface area (Å²) >= 11 is 9.40. The van der Waals surface area contributed by atoms with Crippen molar-refractivity contribution >= 4 is 45.8 Å². The molecule has 0 saturated carbocycles. The monoisotopic (exact) mass is 355 g/mol. The molecule has 0 aliphatic carbocycles. The quantitative estimate of drug-likeness (QED) is 0.818. The van der Waals surface area contributed by atoms with Crippen LogP contribution >= 0.6 is 39.9 Å². The second kappa shape index (κ2) is 6.59. The van der Waals surface area contributed by atoms with Crippen LogP contribution in [0.5, 0.6) is 0 Å². The number of thiophene rings is 1. The van der Waals surface area contributed by atoms with E-state index in [1.54, 1.807) is 22.3 Å². The van der Waals surface area contributed by atoms with Gasteiger partial charge >= 0.3 is 0 Å². The summed E-state index contributed by atoms with van der Waals surface area (Å²) in [5.41, 5.74) is 0.654. The zero-order valence-corrected chi connectivity index (χ0v) is 13.8. The Morgan fingerprint density at radius 2 is 2.21 bits per heavy atom. The van der Waals surface area contributed by atoms with Gasteiger partial charge in [0.15, 0.2) is 0 Å². The van der Waals surface area contributed by atoms with Gasteiger partial charge in [0.05, 0.1) is 5.56 Å². The van der Waals surface area contributed by atoms with E-state index in [2.05, 4.69) is 40.0 Å². The van der Waals surface area contributed by atoms with Gasteiger partial charge in [-0.05, 0) is 52.0 Å². The lowest BCUT2D eigenvalue weighted by atomic mass is 10.2. The van der Waals surface area contributed by atoms with Crippen LogP contribution in [0.15, 0.2) is 45.1 Å². The molecule has 0 aliphatic heterocycles. The molecule has 0 fully saturated rings. The fraction of sp³-hybridized carbons (Fsp3) is 0.214. The summed E-state index contributed by atoms with van der Waals surface area (Å²) in [4.78, 5) is 16.2. The highest BCUT2D eigenvalue weighted by Gasteiger charge is 2.15. The topological polar surface area (TPSA) is 20.3 Å². The average molecular weight is 356 g/mol. The maximum atomic E-state index is 12.3. The summed E-state index contributed by atoms with van der Waals surface area (Å²) in [6, 6.07) is 9.62. The minimum Gasteiger partial charge on any atom is -0.341 e. The first-order valence-corrected chi connectivity index (χ1v) is 7.96. The lowest BCUT2D eigenvalue weighted by Crippen LogP contribution is -2.29. The number of carbonyl (C=O) groups excluding carboxylic acids is 1. The van der Waals surface area contributed by atoms with Crippen LogP contribution in [-0.2, 0) is 6.42 Å². The second-order valence-corrected chi connectivity index (χ2v) is 6.62. The van der Waals surface area contributed by atoms with Crippen LogP contribution in [0.25, 0.3) is 0 Å². The lowest BCUT2D eigenvalue weighted by molar-refractivity contribution is 0.0795. The van der Waals surface area contributed by atoms with Crippen LogP contribution in [0, 0.1) is 0 Å². The van der Waals surface area contributed by atoms with Crippen LogP contribution < -0.4 is 0 Å². The van der Waals surface area contributed by atoms with Crippen molar-refractivity contribution in [2.24, 2.45) is 0 Å². The van der Waals surface area contributed by atoms with E-state index < -0.39 is 0 Å². The van der Waals surface area contributed by atoms with E-state index in [1.807, 2.05) is 25.2 Å². The molecule has 1 amide bonds. The van der Waals surface area contributed by atoms with E-state index >= 15 is 0 Å². The molecule has 2 rings (SSSR count). The standard InChI is InChI=1S/C14H14BrNOS2/c1-16(7-6-11-3-2-8-19-11)14(17)12-9-10(18)4-5-13(12)15/h2-5,8-9,18H,6-7H2,1H3. The molecule has 1 heterocycles. The third kappa shape index (κ3) is 3.84. The fourth-order valence-electron chi connectivity index (χ4n) is 1.72. The minimum atomic E-state index is 0.0133. The van der Waals surface area contributed by atoms with Gasteiger partial charge in [-0.2, -0.15) is 0 Å². The molecule has 2 nitrogen and oxygen atoms in total. The van der Waals surface area contributed by atoms with E-state index in [-0.39, 0.29) is 5.91 Å². The molecule has 0 bridgehead atoms. The lowest BCUT2D eigenvalue weighted by Gasteiger charge is -2.17. The average Bonchev–Trinajstić information content (AvgIpc) is 2.91. The molecular weight excluding hydrogens is 342 g/mol. The van der Waals surface area contributed by atoms with Gasteiger partial charge in [0.1, 0.15) is 0 Å². The summed E-state index contributed by atoms with van der Waals surface area (Å²) in [5, 5.41) is 2.05. The van der Waals surface area contributed by atoms with Gasteiger partial charge in [0, 0.05) is 27.8 Å². The number of thiol groups is 1. The summed E-state index contributed by atoms with van der Waals surface area (Å²) < 4.78 is 0.804. The van der Waals surface area contributed by atoms with Crippen LogP contribution in [0.1, 0.15) is 15.2 Å². The number of benzene rings is 1. The zero-order valence-electron chi connectivity index (χ0n) is 10.5. The number of likely N-dealkylation sites (N-methyl/N-ethyl adjacent to an activating group) is 1. The normalized spacial score (nSPS) is 10.5. The van der Waals surface area contributed by atoms with Crippen molar-refractivity contribution in [3.63, 3.8) is 0 Å². The van der Waals surface area contributed by atoms with Crippen molar-refractivity contribution in [3.8, 4) is 0 Å². The molecule has 0 unspecified atom stereocenters. The molecular formula is C14H14BrNOS2. The van der Waals surface area contributed by atoms with Crippen molar-refractivity contribution in [1.29, 1.82) is 0 Å². The van der Waals surface area contributed by atoms with E-state index in [1.165, 1.54) is 4.88 Å². The van der Waals surface area contributed by atoms with Crippen LogP contribution in [-0.4, -0.2) is 24.4 Å². The van der Waals surface area contributed by atoms with Crippen molar-refractivity contribution in [2.75, 3.05) is 13.6 Å².